The molecule has 0 bridgehead atoms. The van der Waals surface area contributed by atoms with Gasteiger partial charge < -0.3 is 5.32 Å². The molecule has 154 valence electrons. The van der Waals surface area contributed by atoms with Gasteiger partial charge in [-0.2, -0.15) is 0 Å². The summed E-state index contributed by atoms with van der Waals surface area (Å²) in [6.45, 7) is 3.65. The number of nitrogens with zero attached hydrogens (tertiary/aromatic N) is 1. The maximum atomic E-state index is 12.9. The molecule has 1 saturated heterocycles. The predicted molar refractivity (Wildman–Crippen MR) is 114 cm³/mol. The Hall–Kier alpha value is -2.97. The lowest BCUT2D eigenvalue weighted by molar-refractivity contribution is -0.131. The molecule has 0 spiro atoms. The number of imide groups is 1. The van der Waals surface area contributed by atoms with Crippen LogP contribution in [0.3, 0.4) is 0 Å². The Morgan fingerprint density at radius 2 is 1.57 bits per heavy atom. The van der Waals surface area contributed by atoms with Crippen LogP contribution < -0.4 is 5.32 Å². The Morgan fingerprint density at radius 1 is 0.967 bits per heavy atom. The van der Waals surface area contributed by atoms with E-state index >= 15 is 0 Å². The molecule has 8 heteroatoms. The van der Waals surface area contributed by atoms with Crippen LogP contribution in [0.2, 0.25) is 0 Å². The van der Waals surface area contributed by atoms with E-state index in [1.807, 2.05) is 24.4 Å². The molecule has 3 aromatic rings. The summed E-state index contributed by atoms with van der Waals surface area (Å²) < 4.78 is 25.6. The van der Waals surface area contributed by atoms with Gasteiger partial charge in [-0.3, -0.25) is 9.69 Å². The third-order valence-electron chi connectivity index (χ3n) is 5.19. The fraction of sp³-hybridized carbons (Fsp3) is 0.182. The zero-order valence-corrected chi connectivity index (χ0v) is 18.1. The molecule has 1 fully saturated rings. The van der Waals surface area contributed by atoms with Crippen molar-refractivity contribution in [2.75, 3.05) is 0 Å². The molecular formula is C22H20N2O4S2. The molecule has 30 heavy (non-hydrogen) atoms. The minimum absolute atomic E-state index is 0.0660. The second-order valence-electron chi connectivity index (χ2n) is 7.38. The van der Waals surface area contributed by atoms with Gasteiger partial charge in [0.05, 0.1) is 16.3 Å². The van der Waals surface area contributed by atoms with Gasteiger partial charge in [-0.05, 0) is 55.1 Å². The molecule has 1 aromatic heterocycles. The highest BCUT2D eigenvalue weighted by Crippen LogP contribution is 2.32. The molecule has 2 aromatic carbocycles. The topological polar surface area (TPSA) is 83.6 Å². The maximum Gasteiger partial charge on any atom is 0.325 e. The highest BCUT2D eigenvalue weighted by Gasteiger charge is 2.49. The molecule has 1 unspecified atom stereocenters. The molecule has 2 heterocycles. The molecular weight excluding hydrogens is 420 g/mol. The Morgan fingerprint density at radius 3 is 2.13 bits per heavy atom. The Balaban J connectivity index is 1.55. The number of aryl methyl sites for hydroxylation is 1. The fourth-order valence-electron chi connectivity index (χ4n) is 3.38. The van der Waals surface area contributed by atoms with E-state index in [0.29, 0.717) is 5.56 Å². The van der Waals surface area contributed by atoms with Crippen LogP contribution in [0.4, 0.5) is 4.79 Å². The number of rotatable bonds is 5. The Labute approximate surface area is 179 Å². The van der Waals surface area contributed by atoms with Gasteiger partial charge in [0.15, 0.2) is 5.54 Å². The minimum Gasteiger partial charge on any atom is -0.319 e. The van der Waals surface area contributed by atoms with Gasteiger partial charge in [-0.15, -0.1) is 11.3 Å². The summed E-state index contributed by atoms with van der Waals surface area (Å²) in [5.41, 5.74) is 0.559. The van der Waals surface area contributed by atoms with Crippen molar-refractivity contribution in [2.45, 2.75) is 35.7 Å². The minimum atomic E-state index is -3.63. The van der Waals surface area contributed by atoms with Crippen LogP contribution in [0.1, 0.15) is 22.9 Å². The lowest BCUT2D eigenvalue weighted by Crippen LogP contribution is -2.40. The zero-order chi connectivity index (χ0) is 21.5. The highest BCUT2D eigenvalue weighted by molar-refractivity contribution is 7.91. The van der Waals surface area contributed by atoms with E-state index in [0.717, 1.165) is 15.3 Å². The number of hydrogen-bond acceptors (Lipinski definition) is 5. The molecule has 0 aliphatic carbocycles. The van der Waals surface area contributed by atoms with Crippen LogP contribution in [0, 0.1) is 6.92 Å². The third-order valence-corrected chi connectivity index (χ3v) is 8.07. The zero-order valence-electron chi connectivity index (χ0n) is 16.5. The number of thiophene rings is 1. The first-order valence-electron chi connectivity index (χ1n) is 9.30. The van der Waals surface area contributed by atoms with Gasteiger partial charge in [0, 0.05) is 4.88 Å². The van der Waals surface area contributed by atoms with Gasteiger partial charge >= 0.3 is 6.03 Å². The standard InChI is InChI=1S/C22H20N2O4S2/c1-15-5-9-17(10-6-15)30(27,28)18-11-7-16(8-12-18)14-24-20(25)22(2,23-21(24)26)19-4-3-13-29-19/h3-13H,14H2,1-2H3,(H,23,26). The lowest BCUT2D eigenvalue weighted by Gasteiger charge is -2.20. The van der Waals surface area contributed by atoms with Crippen molar-refractivity contribution in [1.82, 2.24) is 10.2 Å². The van der Waals surface area contributed by atoms with E-state index in [-0.39, 0.29) is 22.2 Å². The number of urea groups is 1. The van der Waals surface area contributed by atoms with Gasteiger partial charge in [-0.25, -0.2) is 13.2 Å². The van der Waals surface area contributed by atoms with E-state index in [2.05, 4.69) is 5.32 Å². The van der Waals surface area contributed by atoms with Crippen molar-refractivity contribution >= 4 is 33.1 Å². The van der Waals surface area contributed by atoms with E-state index in [4.69, 9.17) is 0 Å². The van der Waals surface area contributed by atoms with Crippen molar-refractivity contribution in [3.8, 4) is 0 Å². The number of nitrogens with one attached hydrogen (secondary N) is 1. The van der Waals surface area contributed by atoms with Crippen molar-refractivity contribution in [2.24, 2.45) is 0 Å². The summed E-state index contributed by atoms with van der Waals surface area (Å²) >= 11 is 1.41. The van der Waals surface area contributed by atoms with Gasteiger partial charge in [0.2, 0.25) is 9.84 Å². The summed E-state index contributed by atoms with van der Waals surface area (Å²) in [6, 6.07) is 16.1. The molecule has 3 amide bonds. The number of carbonyl (C=O) groups excluding carboxylic acids is 2. The van der Waals surface area contributed by atoms with E-state index < -0.39 is 21.4 Å². The molecule has 1 atom stereocenters. The smallest absolute Gasteiger partial charge is 0.319 e. The van der Waals surface area contributed by atoms with Crippen molar-refractivity contribution < 1.29 is 18.0 Å². The quantitative estimate of drug-likeness (QED) is 0.611. The molecule has 4 rings (SSSR count). The van der Waals surface area contributed by atoms with Gasteiger partial charge in [-0.1, -0.05) is 35.9 Å². The predicted octanol–water partition coefficient (Wildman–Crippen LogP) is 3.86. The van der Waals surface area contributed by atoms with Crippen molar-refractivity contribution in [1.29, 1.82) is 0 Å². The van der Waals surface area contributed by atoms with E-state index in [9.17, 15) is 18.0 Å². The number of sulfone groups is 1. The molecule has 6 nitrogen and oxygen atoms in total. The number of hydrogen-bond donors (Lipinski definition) is 1. The lowest BCUT2D eigenvalue weighted by atomic mass is 10.0. The van der Waals surface area contributed by atoms with Crippen LogP contribution in [-0.2, 0) is 26.7 Å². The highest BCUT2D eigenvalue weighted by atomic mass is 32.2. The van der Waals surface area contributed by atoms with Gasteiger partial charge in [0.1, 0.15) is 0 Å². The SMILES string of the molecule is Cc1ccc(S(=O)(=O)c2ccc(CN3C(=O)NC(C)(c4cccs4)C3=O)cc2)cc1. The van der Waals surface area contributed by atoms with Crippen molar-refractivity contribution in [3.05, 3.63) is 82.0 Å². The molecule has 0 radical (unpaired) electrons. The van der Waals surface area contributed by atoms with Crippen LogP contribution >= 0.6 is 11.3 Å². The summed E-state index contributed by atoms with van der Waals surface area (Å²) in [5.74, 6) is -0.327. The summed E-state index contributed by atoms with van der Waals surface area (Å²) in [4.78, 5) is 27.7. The molecule has 0 saturated carbocycles. The van der Waals surface area contributed by atoms with Crippen LogP contribution in [-0.4, -0.2) is 25.3 Å². The summed E-state index contributed by atoms with van der Waals surface area (Å²) in [5, 5.41) is 4.62. The second-order valence-corrected chi connectivity index (χ2v) is 10.3. The van der Waals surface area contributed by atoms with Crippen LogP contribution in [0.15, 0.2) is 75.8 Å². The van der Waals surface area contributed by atoms with Crippen LogP contribution in [0.25, 0.3) is 0 Å². The summed E-state index contributed by atoms with van der Waals surface area (Å²) in [7, 11) is -3.63. The normalized spacial score (nSPS) is 19.2. The number of carbonyl (C=O) groups is 2. The second kappa shape index (κ2) is 7.37. The van der Waals surface area contributed by atoms with Crippen LogP contribution in [0.5, 0.6) is 0 Å². The largest absolute Gasteiger partial charge is 0.325 e. The average molecular weight is 441 g/mol. The molecule has 1 N–H and O–H groups in total. The molecule has 1 aliphatic heterocycles. The third kappa shape index (κ3) is 3.42. The average Bonchev–Trinajstić information content (AvgIpc) is 3.33. The van der Waals surface area contributed by atoms with Gasteiger partial charge in [0.25, 0.3) is 5.91 Å². The van der Waals surface area contributed by atoms with E-state index in [1.165, 1.54) is 23.5 Å². The number of benzene rings is 2. The first-order valence-corrected chi connectivity index (χ1v) is 11.7. The first-order chi connectivity index (χ1) is 14.2. The number of amides is 3. The van der Waals surface area contributed by atoms with E-state index in [1.54, 1.807) is 43.3 Å². The summed E-state index contributed by atoms with van der Waals surface area (Å²) in [6.07, 6.45) is 0. The monoisotopic (exact) mass is 440 g/mol. The fourth-order valence-corrected chi connectivity index (χ4v) is 5.48. The maximum absolute atomic E-state index is 12.9. The Bertz CT molecular complexity index is 1200. The molecule has 1 aliphatic rings. The Kier molecular flexibility index (Phi) is 4.99. The first kappa shape index (κ1) is 20.3. The van der Waals surface area contributed by atoms with Crippen molar-refractivity contribution in [3.63, 3.8) is 0 Å².